The summed E-state index contributed by atoms with van der Waals surface area (Å²) in [6.45, 7) is 1.75. The van der Waals surface area contributed by atoms with Gasteiger partial charge in [0, 0.05) is 6.54 Å². The molecule has 0 spiro atoms. The Bertz CT molecular complexity index is 243. The molecule has 0 amide bonds. The first-order valence-corrected chi connectivity index (χ1v) is 5.50. The van der Waals surface area contributed by atoms with Crippen LogP contribution in [0.3, 0.4) is 0 Å². The maximum atomic E-state index is 11.1. The first-order valence-electron chi connectivity index (χ1n) is 3.68. The van der Waals surface area contributed by atoms with Crippen molar-refractivity contribution in [2.45, 2.75) is 6.92 Å². The lowest BCUT2D eigenvalue weighted by Crippen LogP contribution is -2.25. The maximum absolute atomic E-state index is 11.1. The molecule has 0 aliphatic rings. The van der Waals surface area contributed by atoms with Crippen molar-refractivity contribution >= 4 is 15.6 Å². The van der Waals surface area contributed by atoms with E-state index in [1.165, 1.54) is 6.92 Å². The molecule has 0 N–H and O–H groups in total. The van der Waals surface area contributed by atoms with Crippen molar-refractivity contribution in [1.82, 2.24) is 4.90 Å². The molecule has 0 unspecified atom stereocenters. The molecule has 0 atom stereocenters. The second-order valence-corrected chi connectivity index (χ2v) is 5.28. The van der Waals surface area contributed by atoms with Crippen molar-refractivity contribution in [3.8, 4) is 0 Å². The van der Waals surface area contributed by atoms with Gasteiger partial charge in [-0.25, -0.2) is 8.42 Å². The number of nitrogens with zero attached hydrogens (tertiary/aromatic N) is 1. The normalized spacial score (nSPS) is 12.0. The molecule has 0 saturated carbocycles. The Labute approximate surface area is 73.5 Å². The molecule has 0 aliphatic heterocycles. The van der Waals surface area contributed by atoms with Crippen LogP contribution in [0.25, 0.3) is 0 Å². The van der Waals surface area contributed by atoms with E-state index >= 15 is 0 Å². The monoisotopic (exact) mass is 193 g/mol. The van der Waals surface area contributed by atoms with Crippen LogP contribution in [0.1, 0.15) is 6.92 Å². The third-order valence-corrected chi connectivity index (χ3v) is 2.92. The molecular formula is C7H15NO3S. The lowest BCUT2D eigenvalue weighted by atomic mass is 10.5. The van der Waals surface area contributed by atoms with Crippen LogP contribution >= 0.6 is 0 Å². The molecular weight excluding hydrogens is 178 g/mol. The van der Waals surface area contributed by atoms with Crippen LogP contribution in [-0.2, 0) is 14.6 Å². The summed E-state index contributed by atoms with van der Waals surface area (Å²) in [7, 11) is 0.423. The van der Waals surface area contributed by atoms with E-state index in [2.05, 4.69) is 0 Å². The molecule has 4 nitrogen and oxygen atoms in total. The molecule has 0 radical (unpaired) electrons. The highest BCUT2D eigenvalue weighted by molar-refractivity contribution is 7.92. The van der Waals surface area contributed by atoms with E-state index in [0.717, 1.165) is 0 Å². The average molecular weight is 193 g/mol. The van der Waals surface area contributed by atoms with Gasteiger partial charge in [-0.2, -0.15) is 0 Å². The number of hydrogen-bond acceptors (Lipinski definition) is 4. The molecule has 0 aromatic heterocycles. The Kier molecular flexibility index (Phi) is 4.41. The zero-order chi connectivity index (χ0) is 9.78. The highest BCUT2D eigenvalue weighted by Crippen LogP contribution is 1.91. The van der Waals surface area contributed by atoms with Crippen LogP contribution in [0, 0.1) is 0 Å². The maximum Gasteiger partial charge on any atom is 0.158 e. The minimum Gasteiger partial charge on any atom is -0.308 e. The van der Waals surface area contributed by atoms with Gasteiger partial charge in [-0.3, -0.25) is 4.79 Å². The Morgan fingerprint density at radius 1 is 1.33 bits per heavy atom. The fraction of sp³-hybridized carbons (Fsp3) is 0.857. The highest BCUT2D eigenvalue weighted by Gasteiger charge is 2.13. The summed E-state index contributed by atoms with van der Waals surface area (Å²) in [4.78, 5) is 12.3. The van der Waals surface area contributed by atoms with Gasteiger partial charge in [0.05, 0.1) is 5.75 Å². The molecule has 0 fully saturated rings. The van der Waals surface area contributed by atoms with Crippen LogP contribution in [0.5, 0.6) is 0 Å². The zero-order valence-electron chi connectivity index (χ0n) is 7.70. The summed E-state index contributed by atoms with van der Waals surface area (Å²) in [6, 6.07) is 0. The van der Waals surface area contributed by atoms with Crippen molar-refractivity contribution in [2.24, 2.45) is 0 Å². The fourth-order valence-corrected chi connectivity index (χ4v) is 2.11. The van der Waals surface area contributed by atoms with Gasteiger partial charge in [-0.05, 0) is 21.0 Å². The van der Waals surface area contributed by atoms with Gasteiger partial charge in [0.25, 0.3) is 0 Å². The standard InChI is InChI=1S/C7H15NO3S/c1-7(9)6-12(10,11)5-4-8(2)3/h4-6H2,1-3H3. The van der Waals surface area contributed by atoms with Gasteiger partial charge in [0.1, 0.15) is 11.5 Å². The Hall–Kier alpha value is -0.420. The van der Waals surface area contributed by atoms with E-state index in [4.69, 9.17) is 0 Å². The molecule has 0 aromatic carbocycles. The van der Waals surface area contributed by atoms with E-state index in [9.17, 15) is 13.2 Å². The van der Waals surface area contributed by atoms with Crippen molar-refractivity contribution < 1.29 is 13.2 Å². The number of sulfone groups is 1. The van der Waals surface area contributed by atoms with Crippen LogP contribution in [0.15, 0.2) is 0 Å². The van der Waals surface area contributed by atoms with E-state index in [-0.39, 0.29) is 17.3 Å². The lowest BCUT2D eigenvalue weighted by molar-refractivity contribution is -0.114. The summed E-state index contributed by atoms with van der Waals surface area (Å²) < 4.78 is 22.2. The zero-order valence-corrected chi connectivity index (χ0v) is 8.52. The number of rotatable bonds is 5. The summed E-state index contributed by atoms with van der Waals surface area (Å²) in [5.74, 6) is -0.575. The smallest absolute Gasteiger partial charge is 0.158 e. The topological polar surface area (TPSA) is 54.5 Å². The summed E-state index contributed by atoms with van der Waals surface area (Å²) in [6.07, 6.45) is 0. The SMILES string of the molecule is CC(=O)CS(=O)(=O)CCN(C)C. The average Bonchev–Trinajstić information content (AvgIpc) is 1.81. The fourth-order valence-electron chi connectivity index (χ4n) is 0.704. The van der Waals surface area contributed by atoms with Gasteiger partial charge in [-0.15, -0.1) is 0 Å². The predicted octanol–water partition coefficient (Wildman–Crippen LogP) is -0.448. The molecule has 0 aromatic rings. The van der Waals surface area contributed by atoms with Gasteiger partial charge in [0.2, 0.25) is 0 Å². The molecule has 12 heavy (non-hydrogen) atoms. The Morgan fingerprint density at radius 2 is 1.83 bits per heavy atom. The van der Waals surface area contributed by atoms with E-state index < -0.39 is 9.84 Å². The van der Waals surface area contributed by atoms with Crippen molar-refractivity contribution in [3.63, 3.8) is 0 Å². The number of ketones is 1. The number of hydrogen-bond donors (Lipinski definition) is 0. The van der Waals surface area contributed by atoms with Crippen LogP contribution in [0.2, 0.25) is 0 Å². The summed E-state index contributed by atoms with van der Waals surface area (Å²) in [5, 5.41) is 0. The van der Waals surface area contributed by atoms with E-state index in [1.807, 2.05) is 0 Å². The van der Waals surface area contributed by atoms with Crippen molar-refractivity contribution in [2.75, 3.05) is 32.1 Å². The van der Waals surface area contributed by atoms with Gasteiger partial charge >= 0.3 is 0 Å². The first kappa shape index (κ1) is 11.6. The van der Waals surface area contributed by atoms with Gasteiger partial charge in [0.15, 0.2) is 9.84 Å². The van der Waals surface area contributed by atoms with Crippen LogP contribution < -0.4 is 0 Å². The Balaban J connectivity index is 3.98. The third-order valence-electron chi connectivity index (χ3n) is 1.27. The second-order valence-electron chi connectivity index (χ2n) is 3.10. The first-order chi connectivity index (χ1) is 5.33. The summed E-state index contributed by atoms with van der Waals surface area (Å²) >= 11 is 0. The molecule has 0 rings (SSSR count). The van der Waals surface area contributed by atoms with Crippen molar-refractivity contribution in [1.29, 1.82) is 0 Å². The molecule has 72 valence electrons. The molecule has 5 heteroatoms. The largest absolute Gasteiger partial charge is 0.308 e. The van der Waals surface area contributed by atoms with Crippen LogP contribution in [0.4, 0.5) is 0 Å². The minimum atomic E-state index is -3.17. The van der Waals surface area contributed by atoms with E-state index in [0.29, 0.717) is 6.54 Å². The third kappa shape index (κ3) is 6.30. The second kappa shape index (κ2) is 4.57. The molecule has 0 bridgehead atoms. The predicted molar refractivity (Wildman–Crippen MR) is 47.9 cm³/mol. The van der Waals surface area contributed by atoms with Crippen molar-refractivity contribution in [3.05, 3.63) is 0 Å². The summed E-state index contributed by atoms with van der Waals surface area (Å²) in [5.41, 5.74) is 0. The highest BCUT2D eigenvalue weighted by atomic mass is 32.2. The minimum absolute atomic E-state index is 0.0551. The Morgan fingerprint density at radius 3 is 2.17 bits per heavy atom. The number of carbonyl (C=O) groups is 1. The molecule has 0 saturated heterocycles. The molecule has 0 aliphatic carbocycles. The van der Waals surface area contributed by atoms with Gasteiger partial charge < -0.3 is 4.90 Å². The number of Topliss-reactive ketones (excluding diaryl/α,β-unsaturated/α-hetero) is 1. The van der Waals surface area contributed by atoms with E-state index in [1.54, 1.807) is 19.0 Å². The molecule has 0 heterocycles. The quantitative estimate of drug-likeness (QED) is 0.593. The lowest BCUT2D eigenvalue weighted by Gasteiger charge is -2.08. The van der Waals surface area contributed by atoms with Crippen LogP contribution in [-0.4, -0.2) is 51.2 Å². The van der Waals surface area contributed by atoms with Gasteiger partial charge in [-0.1, -0.05) is 0 Å². The number of carbonyl (C=O) groups excluding carboxylic acids is 1.